The first-order valence-electron chi connectivity index (χ1n) is 7.10. The van der Waals surface area contributed by atoms with Crippen LogP contribution in [0.4, 0.5) is 10.1 Å². The molecule has 0 radical (unpaired) electrons. The first kappa shape index (κ1) is 15.0. The van der Waals surface area contributed by atoms with Crippen LogP contribution in [0.5, 0.6) is 0 Å². The zero-order chi connectivity index (χ0) is 15.9. The number of nitrogens with two attached hydrogens (primary N) is 1. The van der Waals surface area contributed by atoms with E-state index >= 15 is 0 Å². The molecule has 0 aromatic heterocycles. The summed E-state index contributed by atoms with van der Waals surface area (Å²) in [5.74, 6) is -0.559. The smallest absolute Gasteiger partial charge is 0.244 e. The van der Waals surface area contributed by atoms with E-state index in [-0.39, 0.29) is 11.7 Å². The van der Waals surface area contributed by atoms with Crippen molar-refractivity contribution in [3.8, 4) is 0 Å². The first-order chi connectivity index (χ1) is 10.5. The van der Waals surface area contributed by atoms with Gasteiger partial charge in [0, 0.05) is 16.3 Å². The summed E-state index contributed by atoms with van der Waals surface area (Å²) in [6.07, 6.45) is 0.464. The van der Waals surface area contributed by atoms with Gasteiger partial charge in [-0.3, -0.25) is 4.79 Å². The molecule has 0 fully saturated rings. The highest BCUT2D eigenvalue weighted by molar-refractivity contribution is 6.31. The molecule has 2 aromatic rings. The van der Waals surface area contributed by atoms with E-state index in [1.807, 2.05) is 6.07 Å². The molecule has 2 aromatic carbocycles. The molecule has 0 unspecified atom stereocenters. The van der Waals surface area contributed by atoms with Crippen molar-refractivity contribution in [1.29, 1.82) is 0 Å². The summed E-state index contributed by atoms with van der Waals surface area (Å²) in [6.45, 7) is 1.79. The molecule has 0 saturated carbocycles. The first-order valence-corrected chi connectivity index (χ1v) is 7.48. The standard InChI is InChI=1S/C17H16ClFN2O/c1-10(13-4-2-3-5-14(13)19)21-16-9-12(18)7-6-11(16)8-15(20)17(21)22/h2-7,9-10,15H,8,20H2,1H3/t10-,15+/m0/s1. The second kappa shape index (κ2) is 5.71. The fraction of sp³-hybridized carbons (Fsp3) is 0.235. The van der Waals surface area contributed by atoms with Gasteiger partial charge in [0.15, 0.2) is 0 Å². The maximum absolute atomic E-state index is 14.1. The lowest BCUT2D eigenvalue weighted by Crippen LogP contribution is -2.49. The average molecular weight is 319 g/mol. The summed E-state index contributed by atoms with van der Waals surface area (Å²) in [5, 5.41) is 0.535. The van der Waals surface area contributed by atoms with Gasteiger partial charge < -0.3 is 10.6 Å². The number of halogens is 2. The Balaban J connectivity index is 2.11. The van der Waals surface area contributed by atoms with Gasteiger partial charge in [-0.1, -0.05) is 35.9 Å². The van der Waals surface area contributed by atoms with Crippen LogP contribution < -0.4 is 10.6 Å². The largest absolute Gasteiger partial charge is 0.320 e. The highest BCUT2D eigenvalue weighted by atomic mass is 35.5. The van der Waals surface area contributed by atoms with E-state index in [0.717, 1.165) is 5.56 Å². The summed E-state index contributed by atoms with van der Waals surface area (Å²) in [6, 6.07) is 10.7. The van der Waals surface area contributed by atoms with Crippen molar-refractivity contribution in [2.45, 2.75) is 25.4 Å². The van der Waals surface area contributed by atoms with E-state index in [9.17, 15) is 9.18 Å². The van der Waals surface area contributed by atoms with Crippen molar-refractivity contribution >= 4 is 23.2 Å². The third-order valence-electron chi connectivity index (χ3n) is 4.04. The van der Waals surface area contributed by atoms with Crippen LogP contribution in [0.1, 0.15) is 24.1 Å². The third kappa shape index (κ3) is 2.49. The average Bonchev–Trinajstić information content (AvgIpc) is 2.49. The van der Waals surface area contributed by atoms with Gasteiger partial charge >= 0.3 is 0 Å². The molecule has 0 spiro atoms. The quantitative estimate of drug-likeness (QED) is 0.921. The van der Waals surface area contributed by atoms with E-state index < -0.39 is 12.1 Å². The highest BCUT2D eigenvalue weighted by Crippen LogP contribution is 2.36. The topological polar surface area (TPSA) is 46.3 Å². The molecule has 5 heteroatoms. The summed E-state index contributed by atoms with van der Waals surface area (Å²) in [7, 11) is 0. The maximum atomic E-state index is 14.1. The predicted octanol–water partition coefficient (Wildman–Crippen LogP) is 3.46. The Morgan fingerprint density at radius 2 is 2.05 bits per heavy atom. The molecule has 3 nitrogen and oxygen atoms in total. The van der Waals surface area contributed by atoms with Gasteiger partial charge in [-0.2, -0.15) is 0 Å². The fourth-order valence-corrected chi connectivity index (χ4v) is 3.07. The second-order valence-electron chi connectivity index (χ2n) is 5.49. The minimum absolute atomic E-state index is 0.217. The molecule has 0 saturated heterocycles. The highest BCUT2D eigenvalue weighted by Gasteiger charge is 2.34. The lowest BCUT2D eigenvalue weighted by atomic mass is 9.94. The Morgan fingerprint density at radius 1 is 1.32 bits per heavy atom. The second-order valence-corrected chi connectivity index (χ2v) is 5.93. The van der Waals surface area contributed by atoms with Crippen LogP contribution in [-0.2, 0) is 11.2 Å². The molecular weight excluding hydrogens is 303 g/mol. The van der Waals surface area contributed by atoms with Crippen molar-refractivity contribution in [1.82, 2.24) is 0 Å². The molecule has 1 amide bonds. The van der Waals surface area contributed by atoms with Gasteiger partial charge in [0.25, 0.3) is 0 Å². The number of rotatable bonds is 2. The minimum Gasteiger partial charge on any atom is -0.320 e. The van der Waals surface area contributed by atoms with Gasteiger partial charge in [0.1, 0.15) is 5.82 Å². The summed E-state index contributed by atoms with van der Waals surface area (Å²) in [5.41, 5.74) is 8.06. The van der Waals surface area contributed by atoms with Crippen molar-refractivity contribution in [3.05, 3.63) is 64.4 Å². The maximum Gasteiger partial charge on any atom is 0.244 e. The Bertz CT molecular complexity index is 734. The normalized spacial score (nSPS) is 19.0. The van der Waals surface area contributed by atoms with Crippen LogP contribution in [0, 0.1) is 5.82 Å². The number of anilines is 1. The van der Waals surface area contributed by atoms with Gasteiger partial charge in [-0.25, -0.2) is 4.39 Å². The predicted molar refractivity (Wildman–Crippen MR) is 85.4 cm³/mol. The Hall–Kier alpha value is -1.91. The van der Waals surface area contributed by atoms with Crippen LogP contribution >= 0.6 is 11.6 Å². The van der Waals surface area contributed by atoms with E-state index in [4.69, 9.17) is 17.3 Å². The molecule has 1 heterocycles. The Morgan fingerprint density at radius 3 is 2.77 bits per heavy atom. The molecule has 0 aliphatic carbocycles. The number of hydrogen-bond donors (Lipinski definition) is 1. The lowest BCUT2D eigenvalue weighted by Gasteiger charge is -2.37. The SMILES string of the molecule is C[C@@H](c1ccccc1F)N1C(=O)[C@H](N)Cc2ccc(Cl)cc21. The van der Waals surface area contributed by atoms with Gasteiger partial charge in [0.2, 0.25) is 5.91 Å². The molecular formula is C17H16ClFN2O. The van der Waals surface area contributed by atoms with Crippen molar-refractivity contribution in [3.63, 3.8) is 0 Å². The summed E-state index contributed by atoms with van der Waals surface area (Å²) in [4.78, 5) is 14.1. The van der Waals surface area contributed by atoms with Crippen LogP contribution in [0.15, 0.2) is 42.5 Å². The number of hydrogen-bond acceptors (Lipinski definition) is 2. The summed E-state index contributed by atoms with van der Waals surface area (Å²) < 4.78 is 14.1. The molecule has 1 aliphatic heterocycles. The molecule has 1 aliphatic rings. The van der Waals surface area contributed by atoms with E-state index in [0.29, 0.717) is 22.7 Å². The van der Waals surface area contributed by atoms with E-state index in [2.05, 4.69) is 0 Å². The third-order valence-corrected chi connectivity index (χ3v) is 4.28. The van der Waals surface area contributed by atoms with Crippen LogP contribution in [0.25, 0.3) is 0 Å². The number of nitrogens with zero attached hydrogens (tertiary/aromatic N) is 1. The zero-order valence-corrected chi connectivity index (χ0v) is 12.8. The van der Waals surface area contributed by atoms with Gasteiger partial charge in [-0.05, 0) is 37.1 Å². The summed E-state index contributed by atoms with van der Waals surface area (Å²) >= 11 is 6.06. The molecule has 3 rings (SSSR count). The molecule has 114 valence electrons. The van der Waals surface area contributed by atoms with Gasteiger partial charge in [0.05, 0.1) is 12.1 Å². The monoisotopic (exact) mass is 318 g/mol. The molecule has 2 atom stereocenters. The van der Waals surface area contributed by atoms with Crippen LogP contribution in [-0.4, -0.2) is 11.9 Å². The van der Waals surface area contributed by atoms with Crippen molar-refractivity contribution < 1.29 is 9.18 Å². The van der Waals surface area contributed by atoms with Crippen LogP contribution in [0.3, 0.4) is 0 Å². The van der Waals surface area contributed by atoms with E-state index in [1.54, 1.807) is 42.2 Å². The Labute approximate surface area is 133 Å². The van der Waals surface area contributed by atoms with Crippen molar-refractivity contribution in [2.24, 2.45) is 5.73 Å². The number of carbonyl (C=O) groups is 1. The van der Waals surface area contributed by atoms with Crippen LogP contribution in [0.2, 0.25) is 5.02 Å². The molecule has 2 N–H and O–H groups in total. The van der Waals surface area contributed by atoms with Crippen molar-refractivity contribution in [2.75, 3.05) is 4.90 Å². The van der Waals surface area contributed by atoms with E-state index in [1.165, 1.54) is 6.07 Å². The fourth-order valence-electron chi connectivity index (χ4n) is 2.91. The lowest BCUT2D eigenvalue weighted by molar-refractivity contribution is -0.120. The number of carbonyl (C=O) groups excluding carboxylic acids is 1. The number of amides is 1. The number of fused-ring (bicyclic) bond motifs is 1. The minimum atomic E-state index is -0.622. The number of benzene rings is 2. The molecule has 0 bridgehead atoms. The van der Waals surface area contributed by atoms with Gasteiger partial charge in [-0.15, -0.1) is 0 Å². The Kier molecular flexibility index (Phi) is 3.89. The zero-order valence-electron chi connectivity index (χ0n) is 12.1. The molecule has 22 heavy (non-hydrogen) atoms.